The van der Waals surface area contributed by atoms with Crippen molar-refractivity contribution in [2.24, 2.45) is 0 Å². The first-order valence-corrected chi connectivity index (χ1v) is 10.7. The molecule has 1 aliphatic heterocycles. The molecule has 2 heterocycles. The van der Waals surface area contributed by atoms with Gasteiger partial charge in [-0.2, -0.15) is 0 Å². The van der Waals surface area contributed by atoms with Crippen molar-refractivity contribution in [2.75, 3.05) is 19.3 Å². The second-order valence-corrected chi connectivity index (χ2v) is 9.22. The highest BCUT2D eigenvalue weighted by atomic mass is 32.2. The van der Waals surface area contributed by atoms with Crippen molar-refractivity contribution < 1.29 is 23.2 Å². The summed E-state index contributed by atoms with van der Waals surface area (Å²) in [6.07, 6.45) is 3.05. The number of rotatable bonds is 4. The summed E-state index contributed by atoms with van der Waals surface area (Å²) >= 11 is -1.01. The third-order valence-electron chi connectivity index (χ3n) is 4.43. The Kier molecular flexibility index (Phi) is 6.03. The number of hydrogen-bond donors (Lipinski definition) is 0. The molecular weight excluding hydrogens is 366 g/mol. The summed E-state index contributed by atoms with van der Waals surface area (Å²) in [7, 11) is 0. The monoisotopic (exact) mass is 393 g/mol. The molecule has 0 saturated carbocycles. The van der Waals surface area contributed by atoms with Gasteiger partial charge >= 0.3 is 6.09 Å². The number of ether oxygens (including phenoxy) is 2. The van der Waals surface area contributed by atoms with E-state index in [9.17, 15) is 9.35 Å². The molecule has 1 aliphatic rings. The van der Waals surface area contributed by atoms with E-state index in [1.165, 1.54) is 0 Å². The number of carbonyl (C=O) groups excluding carboxylic acids is 1. The van der Waals surface area contributed by atoms with Crippen LogP contribution in [-0.4, -0.2) is 46.6 Å². The number of carbonyl (C=O) groups is 1. The molecule has 3 rings (SSSR count). The number of amides is 1. The summed E-state index contributed by atoms with van der Waals surface area (Å²) in [6, 6.07) is 7.48. The van der Waals surface area contributed by atoms with Crippen molar-refractivity contribution in [3.63, 3.8) is 0 Å². The van der Waals surface area contributed by atoms with Crippen LogP contribution in [0.25, 0.3) is 11.0 Å². The Bertz CT molecular complexity index is 787. The largest absolute Gasteiger partial charge is 0.612 e. The maximum absolute atomic E-state index is 12.1. The van der Waals surface area contributed by atoms with Gasteiger partial charge < -0.3 is 23.3 Å². The zero-order valence-corrected chi connectivity index (χ0v) is 17.1. The maximum atomic E-state index is 12.1. The summed E-state index contributed by atoms with van der Waals surface area (Å²) < 4.78 is 28.8. The molecule has 1 fully saturated rings. The SMILES string of the molecule is C[S+]([O-])c1ccc2oc(COC3CCN(C(=O)OC(C)(C)C)CC3)cc2c1. The summed E-state index contributed by atoms with van der Waals surface area (Å²) in [5, 5.41) is 0.932. The van der Waals surface area contributed by atoms with Gasteiger partial charge in [-0.25, -0.2) is 4.79 Å². The minimum atomic E-state index is -1.01. The Morgan fingerprint density at radius 2 is 2.00 bits per heavy atom. The lowest BCUT2D eigenvalue weighted by Gasteiger charge is -2.33. The summed E-state index contributed by atoms with van der Waals surface area (Å²) in [5.74, 6) is 0.749. The number of piperidine rings is 1. The molecule has 0 radical (unpaired) electrons. The fourth-order valence-electron chi connectivity index (χ4n) is 3.06. The number of fused-ring (bicyclic) bond motifs is 1. The molecule has 6 nitrogen and oxygen atoms in total. The lowest BCUT2D eigenvalue weighted by atomic mass is 10.1. The molecule has 1 saturated heterocycles. The molecule has 0 spiro atoms. The molecule has 1 aromatic heterocycles. The standard InChI is InChI=1S/C20H27NO5S/c1-20(2,3)26-19(22)21-9-7-15(8-10-21)24-13-16-11-14-12-17(27(4)23)5-6-18(14)25-16/h5-6,11-12,15H,7-10,13H2,1-4H3. The van der Waals surface area contributed by atoms with Gasteiger partial charge in [0.05, 0.1) is 6.10 Å². The smallest absolute Gasteiger partial charge is 0.410 e. The van der Waals surface area contributed by atoms with Gasteiger partial charge in [0.1, 0.15) is 29.8 Å². The summed E-state index contributed by atoms with van der Waals surface area (Å²) in [4.78, 5) is 14.6. The highest BCUT2D eigenvalue weighted by Crippen LogP contribution is 2.25. The first-order valence-electron chi connectivity index (χ1n) is 9.17. The molecule has 148 valence electrons. The molecule has 1 aromatic carbocycles. The van der Waals surface area contributed by atoms with E-state index in [-0.39, 0.29) is 12.2 Å². The van der Waals surface area contributed by atoms with Crippen molar-refractivity contribution in [3.05, 3.63) is 30.0 Å². The average Bonchev–Trinajstić information content (AvgIpc) is 3.01. The van der Waals surface area contributed by atoms with Crippen molar-refractivity contribution in [2.45, 2.75) is 56.8 Å². The van der Waals surface area contributed by atoms with Gasteiger partial charge in [0.25, 0.3) is 0 Å². The number of likely N-dealkylation sites (tertiary alicyclic amines) is 1. The van der Waals surface area contributed by atoms with E-state index in [0.717, 1.165) is 34.5 Å². The first kappa shape index (κ1) is 20.0. The first-order chi connectivity index (χ1) is 12.7. The zero-order chi connectivity index (χ0) is 19.6. The van der Waals surface area contributed by atoms with Crippen molar-refractivity contribution in [3.8, 4) is 0 Å². The number of furan rings is 1. The number of nitrogens with zero attached hydrogens (tertiary/aromatic N) is 1. The fourth-order valence-corrected chi connectivity index (χ4v) is 3.61. The molecule has 27 heavy (non-hydrogen) atoms. The molecule has 1 unspecified atom stereocenters. The van der Waals surface area contributed by atoms with Gasteiger partial charge in [-0.05, 0) is 63.0 Å². The Morgan fingerprint density at radius 3 is 2.63 bits per heavy atom. The van der Waals surface area contributed by atoms with Crippen molar-refractivity contribution in [1.82, 2.24) is 4.90 Å². The van der Waals surface area contributed by atoms with Gasteiger partial charge in [0, 0.05) is 24.5 Å². The van der Waals surface area contributed by atoms with Crippen LogP contribution in [0.1, 0.15) is 39.4 Å². The van der Waals surface area contributed by atoms with E-state index < -0.39 is 16.8 Å². The minimum absolute atomic E-state index is 0.0932. The molecule has 7 heteroatoms. The Labute approximate surface area is 163 Å². The Balaban J connectivity index is 1.50. The summed E-state index contributed by atoms with van der Waals surface area (Å²) in [6.45, 7) is 7.26. The predicted octanol–water partition coefficient (Wildman–Crippen LogP) is 4.09. The van der Waals surface area contributed by atoms with E-state index in [2.05, 4.69) is 0 Å². The normalized spacial score (nSPS) is 17.3. The van der Waals surface area contributed by atoms with Crippen LogP contribution in [0.4, 0.5) is 4.79 Å². The molecule has 1 amide bonds. The summed E-state index contributed by atoms with van der Waals surface area (Å²) in [5.41, 5.74) is 0.290. The molecule has 0 bridgehead atoms. The lowest BCUT2D eigenvalue weighted by Crippen LogP contribution is -2.43. The van der Waals surface area contributed by atoms with Crippen molar-refractivity contribution in [1.29, 1.82) is 0 Å². The molecular formula is C20H27NO5S. The molecule has 1 atom stereocenters. The van der Waals surface area contributed by atoms with E-state index >= 15 is 0 Å². The van der Waals surface area contributed by atoms with Gasteiger partial charge in [-0.15, -0.1) is 0 Å². The molecule has 0 aliphatic carbocycles. The third kappa shape index (κ3) is 5.40. The fraction of sp³-hybridized carbons (Fsp3) is 0.550. The van der Waals surface area contributed by atoms with Crippen molar-refractivity contribution >= 4 is 28.2 Å². The van der Waals surface area contributed by atoms with Crippen LogP contribution >= 0.6 is 0 Å². The quantitative estimate of drug-likeness (QED) is 0.732. The average molecular weight is 394 g/mol. The second kappa shape index (κ2) is 8.12. The van der Waals surface area contributed by atoms with Crippen LogP contribution in [0.3, 0.4) is 0 Å². The predicted molar refractivity (Wildman–Crippen MR) is 104 cm³/mol. The van der Waals surface area contributed by atoms with Crippen LogP contribution in [-0.2, 0) is 27.3 Å². The highest BCUT2D eigenvalue weighted by molar-refractivity contribution is 7.90. The molecule has 2 aromatic rings. The van der Waals surface area contributed by atoms with Gasteiger partial charge in [-0.1, -0.05) is 0 Å². The minimum Gasteiger partial charge on any atom is -0.612 e. The highest BCUT2D eigenvalue weighted by Gasteiger charge is 2.27. The van der Waals surface area contributed by atoms with Gasteiger partial charge in [0.2, 0.25) is 0 Å². The van der Waals surface area contributed by atoms with E-state index in [1.807, 2.05) is 45.0 Å². The van der Waals surface area contributed by atoms with Crippen LogP contribution < -0.4 is 0 Å². The van der Waals surface area contributed by atoms with Crippen LogP contribution in [0, 0.1) is 0 Å². The maximum Gasteiger partial charge on any atom is 0.410 e. The second-order valence-electron chi connectivity index (χ2n) is 7.84. The van der Waals surface area contributed by atoms with Gasteiger partial charge in [0.15, 0.2) is 4.90 Å². The topological polar surface area (TPSA) is 75.0 Å². The van der Waals surface area contributed by atoms with Crippen LogP contribution in [0.2, 0.25) is 0 Å². The molecule has 0 N–H and O–H groups in total. The lowest BCUT2D eigenvalue weighted by molar-refractivity contribution is -0.0207. The Morgan fingerprint density at radius 1 is 1.30 bits per heavy atom. The Hall–Kier alpha value is -1.70. The van der Waals surface area contributed by atoms with E-state index in [0.29, 0.717) is 19.7 Å². The zero-order valence-electron chi connectivity index (χ0n) is 16.3. The number of benzene rings is 1. The third-order valence-corrected chi connectivity index (χ3v) is 5.34. The van der Waals surface area contributed by atoms with Crippen LogP contribution in [0.15, 0.2) is 33.6 Å². The van der Waals surface area contributed by atoms with Crippen LogP contribution in [0.5, 0.6) is 0 Å². The van der Waals surface area contributed by atoms with E-state index in [1.54, 1.807) is 11.2 Å². The van der Waals surface area contributed by atoms with E-state index in [4.69, 9.17) is 13.9 Å². The number of hydrogen-bond acceptors (Lipinski definition) is 5. The van der Waals surface area contributed by atoms with Gasteiger partial charge in [-0.3, -0.25) is 0 Å².